The van der Waals surface area contributed by atoms with E-state index < -0.39 is 23.8 Å². The minimum absolute atomic E-state index is 0.00224. The number of fused-ring (bicyclic) bond motifs is 1. The maximum Gasteiger partial charge on any atom is 0.430 e. The summed E-state index contributed by atoms with van der Waals surface area (Å²) >= 11 is 0. The molecule has 0 fully saturated rings. The number of aliphatic carboxylic acids is 1. The van der Waals surface area contributed by atoms with Gasteiger partial charge in [-0.2, -0.15) is 13.2 Å². The summed E-state index contributed by atoms with van der Waals surface area (Å²) in [5, 5.41) is 12.2. The van der Waals surface area contributed by atoms with Crippen LogP contribution in [0.4, 0.5) is 18.9 Å². The highest BCUT2D eigenvalue weighted by Gasteiger charge is 2.48. The monoisotopic (exact) mass is 405 g/mol. The van der Waals surface area contributed by atoms with E-state index in [1.807, 2.05) is 37.1 Å². The van der Waals surface area contributed by atoms with Gasteiger partial charge in [-0.3, -0.25) is 0 Å². The van der Waals surface area contributed by atoms with Gasteiger partial charge in [0.15, 0.2) is 0 Å². The molecular weight excluding hydrogens is 387 g/mol. The van der Waals surface area contributed by atoms with Gasteiger partial charge in [-0.05, 0) is 29.8 Å². The average Bonchev–Trinajstić information content (AvgIpc) is 2.74. The van der Waals surface area contributed by atoms with Crippen molar-refractivity contribution in [3.63, 3.8) is 0 Å². The van der Waals surface area contributed by atoms with Crippen molar-refractivity contribution in [2.45, 2.75) is 18.8 Å². The van der Waals surface area contributed by atoms with Crippen LogP contribution in [0.1, 0.15) is 11.1 Å². The Balaban J connectivity index is 0.000000989. The first-order valence-corrected chi connectivity index (χ1v) is 8.07. The second kappa shape index (κ2) is 10.6. The highest BCUT2D eigenvalue weighted by atomic mass is 19.4. The molecule has 0 aliphatic carbocycles. The van der Waals surface area contributed by atoms with Crippen LogP contribution in [-0.2, 0) is 16.1 Å². The van der Waals surface area contributed by atoms with Crippen molar-refractivity contribution < 1.29 is 32.6 Å². The summed E-state index contributed by atoms with van der Waals surface area (Å²) < 4.78 is 43.9. The molecule has 0 bridgehead atoms. The van der Waals surface area contributed by atoms with E-state index in [-0.39, 0.29) is 11.3 Å². The molecule has 2 N–H and O–H groups in total. The maximum atomic E-state index is 13.0. The summed E-state index contributed by atoms with van der Waals surface area (Å²) in [4.78, 5) is 19.2. The average molecular weight is 405 g/mol. The number of carboxylic acid groups (broad SMARTS) is 1. The first-order chi connectivity index (χ1) is 13.8. The second-order valence-corrected chi connectivity index (χ2v) is 5.54. The molecule has 1 unspecified atom stereocenters. The molecular formula is C21H18F3NO4. The Hall–Kier alpha value is -3.73. The highest BCUT2D eigenvalue weighted by Crippen LogP contribution is 2.38. The number of anilines is 1. The number of carbonyl (C=O) groups excluding carboxylic acids is 1. The Bertz CT molecular complexity index is 876. The quantitative estimate of drug-likeness (QED) is 0.748. The van der Waals surface area contributed by atoms with Crippen molar-refractivity contribution in [3.8, 4) is 18.6 Å². The summed E-state index contributed by atoms with van der Waals surface area (Å²) in [6, 6.07) is 14.1. The van der Waals surface area contributed by atoms with Crippen molar-refractivity contribution in [2.75, 3.05) is 5.32 Å². The van der Waals surface area contributed by atoms with Gasteiger partial charge in [-0.1, -0.05) is 30.3 Å². The SMILES string of the molecule is C#C.C=O.O=C(O)C1=Cc2cc(NCc3ccccc3)ccc2OC1C(F)(F)F. The zero-order chi connectivity index (χ0) is 22.0. The Morgan fingerprint density at radius 3 is 2.31 bits per heavy atom. The lowest BCUT2D eigenvalue weighted by Crippen LogP contribution is -2.40. The number of nitrogens with one attached hydrogen (secondary N) is 1. The van der Waals surface area contributed by atoms with E-state index in [0.717, 1.165) is 11.6 Å². The Kier molecular flexibility index (Phi) is 8.49. The fraction of sp³-hybridized carbons (Fsp3) is 0.143. The third-order valence-corrected chi connectivity index (χ3v) is 3.73. The molecule has 2 aromatic rings. The molecule has 0 amide bonds. The first kappa shape index (κ1) is 23.3. The number of hydrogen-bond acceptors (Lipinski definition) is 4. The van der Waals surface area contributed by atoms with Crippen LogP contribution in [0.5, 0.6) is 5.75 Å². The van der Waals surface area contributed by atoms with Crippen LogP contribution in [0, 0.1) is 12.8 Å². The summed E-state index contributed by atoms with van der Waals surface area (Å²) in [7, 11) is 0. The third kappa shape index (κ3) is 6.14. The zero-order valence-corrected chi connectivity index (χ0v) is 15.1. The predicted octanol–water partition coefficient (Wildman–Crippen LogP) is 4.15. The fourth-order valence-electron chi connectivity index (χ4n) is 2.53. The fourth-order valence-corrected chi connectivity index (χ4v) is 2.53. The van der Waals surface area contributed by atoms with E-state index in [1.165, 1.54) is 6.07 Å². The van der Waals surface area contributed by atoms with Crippen LogP contribution in [0.3, 0.4) is 0 Å². The van der Waals surface area contributed by atoms with Gasteiger partial charge in [0.1, 0.15) is 12.5 Å². The molecule has 0 spiro atoms. The number of carbonyl (C=O) groups is 2. The molecule has 0 radical (unpaired) electrons. The van der Waals surface area contributed by atoms with Gasteiger partial charge in [0.2, 0.25) is 6.10 Å². The zero-order valence-electron chi connectivity index (χ0n) is 15.1. The van der Waals surface area contributed by atoms with Gasteiger partial charge in [-0.15, -0.1) is 12.8 Å². The summed E-state index contributed by atoms with van der Waals surface area (Å²) in [5.74, 6) is -1.66. The minimum Gasteiger partial charge on any atom is -0.478 e. The van der Waals surface area contributed by atoms with Gasteiger partial charge in [0.25, 0.3) is 0 Å². The standard InChI is InChI=1S/C18H14F3NO3.C2H2.CH2O/c19-18(20,21)16-14(17(23)24)9-12-8-13(6-7-15(12)25-16)22-10-11-4-2-1-3-5-11;2*1-2/h1-9,16,22H,10H2,(H,23,24);1-2H;1H2. The first-order valence-electron chi connectivity index (χ1n) is 8.07. The lowest BCUT2D eigenvalue weighted by molar-refractivity contribution is -0.187. The normalized spacial score (nSPS) is 14.4. The predicted molar refractivity (Wildman–Crippen MR) is 103 cm³/mol. The van der Waals surface area contributed by atoms with Crippen molar-refractivity contribution >= 4 is 24.5 Å². The number of hydrogen-bond donors (Lipinski definition) is 2. The molecule has 3 rings (SSSR count). The number of ether oxygens (including phenoxy) is 1. The second-order valence-electron chi connectivity index (χ2n) is 5.54. The molecule has 1 aliphatic heterocycles. The largest absolute Gasteiger partial charge is 0.478 e. The highest BCUT2D eigenvalue weighted by molar-refractivity contribution is 5.95. The van der Waals surface area contributed by atoms with Crippen molar-refractivity contribution in [1.29, 1.82) is 0 Å². The molecule has 5 nitrogen and oxygen atoms in total. The van der Waals surface area contributed by atoms with E-state index in [4.69, 9.17) is 14.6 Å². The molecule has 8 heteroatoms. The van der Waals surface area contributed by atoms with E-state index in [0.29, 0.717) is 12.2 Å². The van der Waals surface area contributed by atoms with Crippen LogP contribution < -0.4 is 10.1 Å². The molecule has 0 aromatic heterocycles. The van der Waals surface area contributed by atoms with E-state index >= 15 is 0 Å². The van der Waals surface area contributed by atoms with Crippen LogP contribution >= 0.6 is 0 Å². The van der Waals surface area contributed by atoms with Crippen LogP contribution in [0.15, 0.2) is 54.1 Å². The lowest BCUT2D eigenvalue weighted by atomic mass is 10.0. The molecule has 1 atom stereocenters. The van der Waals surface area contributed by atoms with E-state index in [2.05, 4.69) is 18.2 Å². The molecule has 1 heterocycles. The van der Waals surface area contributed by atoms with Crippen molar-refractivity contribution in [2.24, 2.45) is 0 Å². The van der Waals surface area contributed by atoms with Crippen LogP contribution in [0.2, 0.25) is 0 Å². The molecule has 0 saturated carbocycles. The number of alkyl halides is 3. The molecule has 29 heavy (non-hydrogen) atoms. The maximum absolute atomic E-state index is 13.0. The number of terminal acetylenes is 1. The van der Waals surface area contributed by atoms with Gasteiger partial charge in [0.05, 0.1) is 5.57 Å². The smallest absolute Gasteiger partial charge is 0.430 e. The number of rotatable bonds is 4. The lowest BCUT2D eigenvalue weighted by Gasteiger charge is -2.27. The Morgan fingerprint density at radius 2 is 1.76 bits per heavy atom. The molecule has 1 aliphatic rings. The number of carboxylic acids is 1. The van der Waals surface area contributed by atoms with Crippen LogP contribution in [-0.4, -0.2) is 30.1 Å². The topological polar surface area (TPSA) is 75.6 Å². The van der Waals surface area contributed by atoms with Gasteiger partial charge >= 0.3 is 12.1 Å². The minimum atomic E-state index is -4.80. The Morgan fingerprint density at radius 1 is 1.14 bits per heavy atom. The summed E-state index contributed by atoms with van der Waals surface area (Å²) in [6.07, 6.45) is 1.74. The number of benzene rings is 2. The molecule has 2 aromatic carbocycles. The number of halogens is 3. The molecule has 0 saturated heterocycles. The van der Waals surface area contributed by atoms with Gasteiger partial charge < -0.3 is 20.0 Å². The summed E-state index contributed by atoms with van der Waals surface area (Å²) in [6.45, 7) is 2.53. The summed E-state index contributed by atoms with van der Waals surface area (Å²) in [5.41, 5.74) is 1.14. The Labute approximate surface area is 165 Å². The van der Waals surface area contributed by atoms with Gasteiger partial charge in [-0.25, -0.2) is 4.79 Å². The third-order valence-electron chi connectivity index (χ3n) is 3.73. The van der Waals surface area contributed by atoms with Crippen molar-refractivity contribution in [1.82, 2.24) is 0 Å². The molecule has 152 valence electrons. The van der Waals surface area contributed by atoms with Gasteiger partial charge in [0, 0.05) is 17.8 Å². The van der Waals surface area contributed by atoms with Crippen LogP contribution in [0.25, 0.3) is 6.08 Å². The van der Waals surface area contributed by atoms with Crippen molar-refractivity contribution in [3.05, 3.63) is 65.2 Å². The van der Waals surface area contributed by atoms with E-state index in [1.54, 1.807) is 12.1 Å². The van der Waals surface area contributed by atoms with E-state index in [9.17, 15) is 18.0 Å².